The summed E-state index contributed by atoms with van der Waals surface area (Å²) in [5.41, 5.74) is 1.11. The van der Waals surface area contributed by atoms with Crippen LogP contribution in [-0.2, 0) is 12.8 Å². The highest BCUT2D eigenvalue weighted by Crippen LogP contribution is 2.37. The van der Waals surface area contributed by atoms with Crippen LogP contribution in [0.5, 0.6) is 0 Å². The molecule has 3 rings (SSSR count). The average Bonchev–Trinajstić information content (AvgIpc) is 3.24. The van der Waals surface area contributed by atoms with Crippen molar-refractivity contribution in [2.45, 2.75) is 29.1 Å². The number of hydrogen-bond acceptors (Lipinski definition) is 5. The van der Waals surface area contributed by atoms with E-state index in [1.54, 1.807) is 18.0 Å². The van der Waals surface area contributed by atoms with Gasteiger partial charge in [-0.15, -0.1) is 33.6 Å². The first kappa shape index (κ1) is 25.7. The Labute approximate surface area is 203 Å². The van der Waals surface area contributed by atoms with E-state index in [0.29, 0.717) is 0 Å². The Balaban J connectivity index is 0.000000785. The first-order valence-corrected chi connectivity index (χ1v) is 12.3. The number of thioether (sulfide) groups is 2. The maximum Gasteiger partial charge on any atom is 0.291 e. The van der Waals surface area contributed by atoms with Gasteiger partial charge in [0.2, 0.25) is 0 Å². The van der Waals surface area contributed by atoms with E-state index in [0.717, 1.165) is 62.1 Å². The minimum atomic E-state index is -1.50. The Morgan fingerprint density at radius 3 is 2.35 bits per heavy atom. The highest BCUT2D eigenvalue weighted by Gasteiger charge is 2.12. The van der Waals surface area contributed by atoms with Gasteiger partial charge in [0.1, 0.15) is 5.82 Å². The molecule has 0 aliphatic rings. The summed E-state index contributed by atoms with van der Waals surface area (Å²) in [6.45, 7) is 0. The molecule has 31 heavy (non-hydrogen) atoms. The quantitative estimate of drug-likeness (QED) is 0.135. The monoisotopic (exact) mass is 519 g/mol. The molecule has 0 spiro atoms. The fraction of sp³-hybridized carbons (Fsp3) is 0.250. The summed E-state index contributed by atoms with van der Waals surface area (Å²) >= 11 is 22.5. The third-order valence-electron chi connectivity index (χ3n) is 3.93. The number of nitrogens with zero attached hydrogens (tertiary/aromatic N) is 2. The number of H-pyrrole nitrogens is 1. The van der Waals surface area contributed by atoms with Crippen LogP contribution in [0.2, 0.25) is 15.1 Å². The molecule has 0 fully saturated rings. The second-order valence-electron chi connectivity index (χ2n) is 6.13. The molecule has 0 saturated carbocycles. The van der Waals surface area contributed by atoms with Crippen molar-refractivity contribution in [3.63, 3.8) is 0 Å². The molecule has 0 amide bonds. The third-order valence-corrected chi connectivity index (χ3v) is 7.46. The summed E-state index contributed by atoms with van der Waals surface area (Å²) in [7, 11) is 0. The highest BCUT2D eigenvalue weighted by atomic mass is 35.5. The summed E-state index contributed by atoms with van der Waals surface area (Å²) in [5.74, 6) is 2.98. The van der Waals surface area contributed by atoms with Crippen molar-refractivity contribution in [3.8, 4) is 0 Å². The molecule has 1 heterocycles. The molecular weight excluding hydrogens is 501 g/mol. The van der Waals surface area contributed by atoms with E-state index in [2.05, 4.69) is 22.1 Å². The van der Waals surface area contributed by atoms with Crippen molar-refractivity contribution in [1.82, 2.24) is 9.97 Å². The van der Waals surface area contributed by atoms with E-state index in [1.807, 2.05) is 42.2 Å². The molecule has 166 valence electrons. The third kappa shape index (κ3) is 9.62. The van der Waals surface area contributed by atoms with Crippen molar-refractivity contribution < 1.29 is 10.3 Å². The van der Waals surface area contributed by atoms with Gasteiger partial charge in [-0.05, 0) is 60.2 Å². The Morgan fingerprint density at radius 2 is 1.71 bits per heavy atom. The predicted octanol–water partition coefficient (Wildman–Crippen LogP) is 7.08. The zero-order chi connectivity index (χ0) is 22.6. The van der Waals surface area contributed by atoms with Gasteiger partial charge in [0, 0.05) is 33.6 Å². The van der Waals surface area contributed by atoms with Crippen molar-refractivity contribution in [2.75, 3.05) is 11.5 Å². The SMILES string of the molecule is Clc1ccc(SCCCSc2c(Cl)ccc(CCc3ncc[nH]3)c2Cl)cc1.O=[N+]([O-])O. The summed E-state index contributed by atoms with van der Waals surface area (Å²) < 4.78 is 0. The number of aromatic amines is 1. The minimum Gasteiger partial charge on any atom is -0.349 e. The second kappa shape index (κ2) is 13.8. The number of rotatable bonds is 9. The van der Waals surface area contributed by atoms with Crippen LogP contribution in [0, 0.1) is 10.1 Å². The number of benzene rings is 2. The lowest BCUT2D eigenvalue weighted by atomic mass is 10.1. The number of imidazole rings is 1. The smallest absolute Gasteiger partial charge is 0.291 e. The molecule has 6 nitrogen and oxygen atoms in total. The molecule has 0 unspecified atom stereocenters. The van der Waals surface area contributed by atoms with E-state index < -0.39 is 5.09 Å². The number of halogens is 3. The van der Waals surface area contributed by atoms with Crippen LogP contribution in [0.1, 0.15) is 17.8 Å². The average molecular weight is 521 g/mol. The summed E-state index contributed by atoms with van der Waals surface area (Å²) in [6.07, 6.45) is 6.34. The van der Waals surface area contributed by atoms with Crippen LogP contribution in [-0.4, -0.2) is 31.8 Å². The molecule has 2 aromatic carbocycles. The summed E-state index contributed by atoms with van der Waals surface area (Å²) in [4.78, 5) is 18.0. The first-order valence-electron chi connectivity index (χ1n) is 9.16. The molecule has 0 atom stereocenters. The maximum absolute atomic E-state index is 8.36. The standard InChI is InChI=1S/C20H19Cl3N2S2.HNO3/c21-15-4-6-16(7-5-15)26-12-1-13-27-20-17(22)8-2-14(19(20)23)3-9-18-24-10-11-25-18;2-1(3)4/h2,4-8,10-11H,1,3,9,12-13H2,(H,24,25);(H,2,3,4). The van der Waals surface area contributed by atoms with Gasteiger partial charge in [-0.1, -0.05) is 40.9 Å². The van der Waals surface area contributed by atoms with Crippen LogP contribution < -0.4 is 0 Å². The van der Waals surface area contributed by atoms with Crippen LogP contribution in [0.4, 0.5) is 0 Å². The van der Waals surface area contributed by atoms with Crippen LogP contribution in [0.25, 0.3) is 0 Å². The van der Waals surface area contributed by atoms with E-state index >= 15 is 0 Å². The van der Waals surface area contributed by atoms with Crippen molar-refractivity contribution >= 4 is 58.3 Å². The largest absolute Gasteiger partial charge is 0.349 e. The summed E-state index contributed by atoms with van der Waals surface area (Å²) in [6, 6.07) is 11.9. The van der Waals surface area contributed by atoms with Gasteiger partial charge in [-0.25, -0.2) is 4.98 Å². The normalized spacial score (nSPS) is 10.4. The lowest BCUT2D eigenvalue weighted by molar-refractivity contribution is -0.742. The van der Waals surface area contributed by atoms with E-state index in [1.165, 1.54) is 4.90 Å². The topological polar surface area (TPSA) is 92.0 Å². The van der Waals surface area contributed by atoms with E-state index in [4.69, 9.17) is 50.1 Å². The Morgan fingerprint density at radius 1 is 1.03 bits per heavy atom. The van der Waals surface area contributed by atoms with Gasteiger partial charge in [0.25, 0.3) is 5.09 Å². The molecule has 2 N–H and O–H groups in total. The Kier molecular flexibility index (Phi) is 11.4. The van der Waals surface area contributed by atoms with Crippen molar-refractivity contribution in [2.24, 2.45) is 0 Å². The van der Waals surface area contributed by atoms with Crippen LogP contribution in [0.15, 0.2) is 58.6 Å². The van der Waals surface area contributed by atoms with Gasteiger partial charge in [0.05, 0.1) is 10.0 Å². The molecule has 11 heteroatoms. The van der Waals surface area contributed by atoms with Gasteiger partial charge >= 0.3 is 0 Å². The van der Waals surface area contributed by atoms with Crippen LogP contribution >= 0.6 is 58.3 Å². The highest BCUT2D eigenvalue weighted by molar-refractivity contribution is 8.00. The van der Waals surface area contributed by atoms with Crippen LogP contribution in [0.3, 0.4) is 0 Å². The van der Waals surface area contributed by atoms with Crippen molar-refractivity contribution in [3.05, 3.63) is 85.4 Å². The molecular formula is C20H20Cl3N3O3S2. The number of aromatic nitrogens is 2. The number of hydrogen-bond donors (Lipinski definition) is 2. The van der Waals surface area contributed by atoms with E-state index in [9.17, 15) is 0 Å². The number of aryl methyl sites for hydroxylation is 2. The molecule has 3 aromatic rings. The molecule has 0 bridgehead atoms. The number of nitrogens with one attached hydrogen (secondary N) is 1. The fourth-order valence-corrected chi connectivity index (χ4v) is 5.45. The predicted molar refractivity (Wildman–Crippen MR) is 129 cm³/mol. The molecule has 1 aromatic heterocycles. The van der Waals surface area contributed by atoms with Gasteiger partial charge in [-0.2, -0.15) is 0 Å². The van der Waals surface area contributed by atoms with E-state index in [-0.39, 0.29) is 0 Å². The zero-order valence-electron chi connectivity index (χ0n) is 16.3. The minimum absolute atomic E-state index is 0.720. The first-order chi connectivity index (χ1) is 14.9. The molecule has 0 saturated heterocycles. The fourth-order valence-electron chi connectivity index (χ4n) is 2.54. The Hall–Kier alpha value is -1.58. The Bertz CT molecular complexity index is 954. The van der Waals surface area contributed by atoms with Gasteiger partial charge in [0.15, 0.2) is 0 Å². The lowest BCUT2D eigenvalue weighted by Crippen LogP contribution is -1.96. The summed E-state index contributed by atoms with van der Waals surface area (Å²) in [5, 5.41) is 15.9. The molecule has 0 radical (unpaired) electrons. The lowest BCUT2D eigenvalue weighted by Gasteiger charge is -2.11. The maximum atomic E-state index is 8.36. The molecule has 0 aliphatic carbocycles. The molecule has 0 aliphatic heterocycles. The van der Waals surface area contributed by atoms with Gasteiger partial charge < -0.3 is 10.2 Å². The second-order valence-corrected chi connectivity index (χ2v) is 9.62. The van der Waals surface area contributed by atoms with Gasteiger partial charge in [-0.3, -0.25) is 0 Å². The van der Waals surface area contributed by atoms with Crippen molar-refractivity contribution in [1.29, 1.82) is 0 Å². The zero-order valence-corrected chi connectivity index (χ0v) is 20.2.